The lowest BCUT2D eigenvalue weighted by Crippen LogP contribution is -2.52. The van der Waals surface area contributed by atoms with Crippen LogP contribution >= 0.6 is 0 Å². The number of alkyl halides is 2. The van der Waals surface area contributed by atoms with Crippen molar-refractivity contribution in [1.29, 1.82) is 0 Å². The molecule has 0 bridgehead atoms. The van der Waals surface area contributed by atoms with Crippen molar-refractivity contribution in [2.24, 2.45) is 5.73 Å². The highest BCUT2D eigenvalue weighted by Gasteiger charge is 2.41. The number of nitrogens with two attached hydrogens (primary N) is 1. The number of halogens is 2. The van der Waals surface area contributed by atoms with E-state index in [1.807, 2.05) is 0 Å². The number of aromatic nitrogens is 6. The number of fused-ring (bicyclic) bond motifs is 1. The van der Waals surface area contributed by atoms with Crippen LogP contribution in [0.25, 0.3) is 11.2 Å². The number of hydrogen-bond acceptors (Lipinski definition) is 8. The number of aromatic amines is 1. The van der Waals surface area contributed by atoms with E-state index in [2.05, 4.69) is 35.3 Å². The van der Waals surface area contributed by atoms with Gasteiger partial charge in [0.05, 0.1) is 18.4 Å². The minimum absolute atomic E-state index is 0.0600. The zero-order valence-electron chi connectivity index (χ0n) is 12.7. The second-order valence-corrected chi connectivity index (χ2v) is 5.84. The minimum atomic E-state index is -2.95. The molecule has 3 heterocycles. The second-order valence-electron chi connectivity index (χ2n) is 5.84. The Morgan fingerprint density at radius 1 is 1.44 bits per heavy atom. The second kappa shape index (κ2) is 5.60. The van der Waals surface area contributed by atoms with Gasteiger partial charge in [0.15, 0.2) is 11.5 Å². The summed E-state index contributed by atoms with van der Waals surface area (Å²) in [5, 5.41) is 22.9. The molecule has 1 saturated carbocycles. The maximum Gasteiger partial charge on any atom is 0.388 e. The first-order valence-electron chi connectivity index (χ1n) is 7.38. The number of hydrogen-bond donors (Lipinski definition) is 4. The van der Waals surface area contributed by atoms with Crippen LogP contribution in [0.5, 0.6) is 5.88 Å². The van der Waals surface area contributed by atoms with Gasteiger partial charge in [0, 0.05) is 18.9 Å². The van der Waals surface area contributed by atoms with Gasteiger partial charge in [0.1, 0.15) is 17.1 Å². The molecule has 0 amide bonds. The number of nitrogens with zero attached hydrogens (tertiary/aromatic N) is 5. The molecular weight excluding hydrogens is 338 g/mol. The van der Waals surface area contributed by atoms with Gasteiger partial charge in [0.25, 0.3) is 0 Å². The third-order valence-electron chi connectivity index (χ3n) is 3.85. The lowest BCUT2D eigenvalue weighted by atomic mass is 9.83. The Labute approximate surface area is 139 Å². The fourth-order valence-electron chi connectivity index (χ4n) is 2.73. The molecule has 0 aliphatic heterocycles. The number of rotatable bonds is 5. The predicted octanol–water partition coefficient (Wildman–Crippen LogP) is 0.877. The third-order valence-corrected chi connectivity index (χ3v) is 3.85. The van der Waals surface area contributed by atoms with E-state index in [1.54, 1.807) is 10.9 Å². The highest BCUT2D eigenvalue weighted by atomic mass is 19.3. The predicted molar refractivity (Wildman–Crippen MR) is 81.2 cm³/mol. The smallest absolute Gasteiger partial charge is 0.388 e. The first-order chi connectivity index (χ1) is 11.9. The topological polar surface area (TPSA) is 140 Å². The number of aliphatic hydroxyl groups is 1. The summed E-state index contributed by atoms with van der Waals surface area (Å²) in [5.41, 5.74) is 5.55. The van der Waals surface area contributed by atoms with Gasteiger partial charge in [-0.1, -0.05) is 0 Å². The van der Waals surface area contributed by atoms with Crippen LogP contribution in [-0.2, 0) is 0 Å². The number of ether oxygens (including phenoxy) is 1. The Hall–Kier alpha value is -2.86. The van der Waals surface area contributed by atoms with Crippen molar-refractivity contribution in [3.63, 3.8) is 0 Å². The van der Waals surface area contributed by atoms with Gasteiger partial charge < -0.3 is 20.9 Å². The Morgan fingerprint density at radius 2 is 2.24 bits per heavy atom. The fourth-order valence-corrected chi connectivity index (χ4v) is 2.73. The number of nitrogens with one attached hydrogen (secondary N) is 2. The van der Waals surface area contributed by atoms with Crippen molar-refractivity contribution in [2.45, 2.75) is 31.2 Å². The van der Waals surface area contributed by atoms with Crippen molar-refractivity contribution >= 4 is 22.8 Å². The first-order valence-corrected chi connectivity index (χ1v) is 7.38. The van der Waals surface area contributed by atoms with E-state index in [0.717, 1.165) is 0 Å². The van der Waals surface area contributed by atoms with E-state index in [9.17, 15) is 13.9 Å². The molecule has 3 aromatic rings. The summed E-state index contributed by atoms with van der Waals surface area (Å²) in [6.07, 6.45) is 3.80. The molecule has 0 unspecified atom stereocenters. The molecule has 4 rings (SSSR count). The molecule has 1 fully saturated rings. The number of anilines is 2. The van der Waals surface area contributed by atoms with Gasteiger partial charge in [0.2, 0.25) is 5.88 Å². The molecule has 1 aliphatic carbocycles. The van der Waals surface area contributed by atoms with Crippen LogP contribution in [0.3, 0.4) is 0 Å². The molecule has 3 aromatic heterocycles. The SMILES string of the molecule is NC1(O)CC(n2ncc3ncc(Nc4cc(OC(F)F)n[nH]4)nc32)C1. The summed E-state index contributed by atoms with van der Waals surface area (Å²) in [5.74, 6) is 0.437. The number of H-pyrrole nitrogens is 1. The normalized spacial score (nSPS) is 23.0. The monoisotopic (exact) mass is 352 g/mol. The molecular formula is C13H14F2N8O2. The summed E-state index contributed by atoms with van der Waals surface area (Å²) in [4.78, 5) is 8.66. The standard InChI is InChI=1S/C13H14F2N8O2/c14-12(15)25-10-1-8(21-22-10)19-9-5-17-7-4-18-23(11(7)20-9)6-2-13(16,24)3-6/h1,4-6,12,24H,2-3,16H2,(H2,19,20,21,22). The zero-order valence-corrected chi connectivity index (χ0v) is 12.7. The largest absolute Gasteiger partial charge is 0.415 e. The highest BCUT2D eigenvalue weighted by Crippen LogP contribution is 2.38. The van der Waals surface area contributed by atoms with Crippen molar-refractivity contribution in [3.05, 3.63) is 18.5 Å². The summed E-state index contributed by atoms with van der Waals surface area (Å²) in [7, 11) is 0. The third kappa shape index (κ3) is 3.08. The van der Waals surface area contributed by atoms with Crippen LogP contribution in [0.4, 0.5) is 20.4 Å². The van der Waals surface area contributed by atoms with Crippen LogP contribution < -0.4 is 15.8 Å². The minimum Gasteiger partial charge on any atom is -0.415 e. The van der Waals surface area contributed by atoms with E-state index in [1.165, 1.54) is 12.3 Å². The lowest BCUT2D eigenvalue weighted by Gasteiger charge is -2.40. The van der Waals surface area contributed by atoms with Gasteiger partial charge in [-0.25, -0.2) is 14.6 Å². The quantitative estimate of drug-likeness (QED) is 0.496. The highest BCUT2D eigenvalue weighted by molar-refractivity contribution is 5.72. The molecule has 10 nitrogen and oxygen atoms in total. The van der Waals surface area contributed by atoms with Crippen LogP contribution in [0.2, 0.25) is 0 Å². The Morgan fingerprint density at radius 3 is 2.96 bits per heavy atom. The van der Waals surface area contributed by atoms with Crippen LogP contribution in [0.1, 0.15) is 18.9 Å². The van der Waals surface area contributed by atoms with E-state index in [-0.39, 0.29) is 11.9 Å². The van der Waals surface area contributed by atoms with Crippen LogP contribution in [0, 0.1) is 0 Å². The lowest BCUT2D eigenvalue weighted by molar-refractivity contribution is -0.0640. The van der Waals surface area contributed by atoms with Gasteiger partial charge in [-0.05, 0) is 0 Å². The van der Waals surface area contributed by atoms with E-state index in [4.69, 9.17) is 5.73 Å². The zero-order chi connectivity index (χ0) is 17.6. The molecule has 0 atom stereocenters. The summed E-state index contributed by atoms with van der Waals surface area (Å²) < 4.78 is 30.1. The summed E-state index contributed by atoms with van der Waals surface area (Å²) >= 11 is 0. The molecule has 132 valence electrons. The summed E-state index contributed by atoms with van der Waals surface area (Å²) in [6.45, 7) is -2.95. The van der Waals surface area contributed by atoms with Crippen molar-refractivity contribution in [1.82, 2.24) is 29.9 Å². The summed E-state index contributed by atoms with van der Waals surface area (Å²) in [6, 6.07) is 1.21. The molecule has 0 spiro atoms. The molecule has 0 aromatic carbocycles. The van der Waals surface area contributed by atoms with E-state index >= 15 is 0 Å². The van der Waals surface area contributed by atoms with E-state index < -0.39 is 12.3 Å². The van der Waals surface area contributed by atoms with Crippen molar-refractivity contribution < 1.29 is 18.6 Å². The van der Waals surface area contributed by atoms with E-state index in [0.29, 0.717) is 35.6 Å². The van der Waals surface area contributed by atoms with Gasteiger partial charge in [-0.3, -0.25) is 5.10 Å². The maximum absolute atomic E-state index is 12.2. The molecule has 0 radical (unpaired) electrons. The molecule has 12 heteroatoms. The Bertz CT molecular complexity index is 900. The van der Waals surface area contributed by atoms with Crippen molar-refractivity contribution in [3.8, 4) is 5.88 Å². The van der Waals surface area contributed by atoms with Crippen molar-refractivity contribution in [2.75, 3.05) is 5.32 Å². The maximum atomic E-state index is 12.2. The molecule has 25 heavy (non-hydrogen) atoms. The molecule has 5 N–H and O–H groups in total. The van der Waals surface area contributed by atoms with Gasteiger partial charge in [-0.2, -0.15) is 13.9 Å². The molecule has 0 saturated heterocycles. The fraction of sp³-hybridized carbons (Fsp3) is 0.385. The Balaban J connectivity index is 1.55. The van der Waals surface area contributed by atoms with Gasteiger partial charge in [-0.15, -0.1) is 5.10 Å². The first kappa shape index (κ1) is 15.7. The van der Waals surface area contributed by atoms with Gasteiger partial charge >= 0.3 is 6.61 Å². The Kier molecular flexibility index (Phi) is 3.51. The van der Waals surface area contributed by atoms with Crippen LogP contribution in [-0.4, -0.2) is 47.4 Å². The average Bonchev–Trinajstić information content (AvgIpc) is 3.10. The molecule has 1 aliphatic rings. The average molecular weight is 352 g/mol. The van der Waals surface area contributed by atoms with Crippen LogP contribution in [0.15, 0.2) is 18.5 Å².